The van der Waals surface area contributed by atoms with Crippen molar-refractivity contribution in [1.29, 1.82) is 0 Å². The number of aryl methyl sites for hydroxylation is 1. The topological polar surface area (TPSA) is 44.4 Å². The van der Waals surface area contributed by atoms with Gasteiger partial charge in [0.2, 0.25) is 5.91 Å². The molecular formula is C14H20FN3O. The quantitative estimate of drug-likeness (QED) is 0.843. The van der Waals surface area contributed by atoms with Gasteiger partial charge in [-0.1, -0.05) is 12.1 Å². The molecule has 5 heteroatoms. The predicted octanol–water partition coefficient (Wildman–Crippen LogP) is 0.654. The minimum Gasteiger partial charge on any atom is -0.358 e. The summed E-state index contributed by atoms with van der Waals surface area (Å²) in [6, 6.07) is 5.06. The summed E-state index contributed by atoms with van der Waals surface area (Å²) >= 11 is 0. The number of rotatable bonds is 3. The molecule has 1 aliphatic rings. The van der Waals surface area contributed by atoms with E-state index in [9.17, 15) is 9.18 Å². The number of hydrogen-bond acceptors (Lipinski definition) is 3. The normalized spacial score (nSPS) is 20.3. The fourth-order valence-corrected chi connectivity index (χ4v) is 2.33. The summed E-state index contributed by atoms with van der Waals surface area (Å²) in [5, 5.41) is 5.89. The van der Waals surface area contributed by atoms with Crippen molar-refractivity contribution in [3.63, 3.8) is 0 Å². The Hall–Kier alpha value is -1.46. The Morgan fingerprint density at radius 3 is 3.05 bits per heavy atom. The summed E-state index contributed by atoms with van der Waals surface area (Å²) in [6.45, 7) is 4.61. The van der Waals surface area contributed by atoms with E-state index in [4.69, 9.17) is 0 Å². The maximum atomic E-state index is 13.5. The summed E-state index contributed by atoms with van der Waals surface area (Å²) in [5.74, 6) is -0.191. The van der Waals surface area contributed by atoms with Crippen LogP contribution in [0.15, 0.2) is 18.2 Å². The second-order valence-electron chi connectivity index (χ2n) is 4.89. The van der Waals surface area contributed by atoms with Crippen LogP contribution in [0.3, 0.4) is 0 Å². The van der Waals surface area contributed by atoms with Gasteiger partial charge in [-0.2, -0.15) is 0 Å². The molecule has 2 rings (SSSR count). The first-order valence-electron chi connectivity index (χ1n) is 6.53. The Morgan fingerprint density at radius 2 is 2.37 bits per heavy atom. The molecule has 1 amide bonds. The molecule has 1 saturated heterocycles. The van der Waals surface area contributed by atoms with E-state index in [1.165, 1.54) is 0 Å². The van der Waals surface area contributed by atoms with Gasteiger partial charge in [0.15, 0.2) is 0 Å². The van der Waals surface area contributed by atoms with Crippen molar-refractivity contribution >= 4 is 5.91 Å². The number of halogens is 1. The number of benzene rings is 1. The van der Waals surface area contributed by atoms with Crippen molar-refractivity contribution < 1.29 is 9.18 Å². The SMILES string of the molecule is CNC(=O)C1CNCCN1Cc1ccc(C)c(F)c1. The molecule has 4 nitrogen and oxygen atoms in total. The van der Waals surface area contributed by atoms with E-state index in [1.54, 1.807) is 26.1 Å². The van der Waals surface area contributed by atoms with Crippen LogP contribution in [0.25, 0.3) is 0 Å². The lowest BCUT2D eigenvalue weighted by atomic mass is 10.1. The highest BCUT2D eigenvalue weighted by Crippen LogP contribution is 2.14. The van der Waals surface area contributed by atoms with Crippen LogP contribution in [0.4, 0.5) is 4.39 Å². The average molecular weight is 265 g/mol. The van der Waals surface area contributed by atoms with Crippen LogP contribution in [0.5, 0.6) is 0 Å². The van der Waals surface area contributed by atoms with Gasteiger partial charge in [0.25, 0.3) is 0 Å². The molecule has 1 unspecified atom stereocenters. The van der Waals surface area contributed by atoms with E-state index in [0.717, 1.165) is 18.7 Å². The molecule has 1 atom stereocenters. The first-order valence-corrected chi connectivity index (χ1v) is 6.53. The van der Waals surface area contributed by atoms with Gasteiger partial charge < -0.3 is 10.6 Å². The van der Waals surface area contributed by atoms with Crippen molar-refractivity contribution in [2.45, 2.75) is 19.5 Å². The Morgan fingerprint density at radius 1 is 1.58 bits per heavy atom. The molecule has 1 heterocycles. The Labute approximate surface area is 113 Å². The monoisotopic (exact) mass is 265 g/mol. The molecule has 2 N–H and O–H groups in total. The number of carbonyl (C=O) groups excluding carboxylic acids is 1. The van der Waals surface area contributed by atoms with Crippen LogP contribution >= 0.6 is 0 Å². The van der Waals surface area contributed by atoms with Crippen molar-refractivity contribution in [2.24, 2.45) is 0 Å². The minimum absolute atomic E-state index is 0.000200. The highest BCUT2D eigenvalue weighted by molar-refractivity contribution is 5.81. The third-order valence-corrected chi connectivity index (χ3v) is 3.53. The van der Waals surface area contributed by atoms with Gasteiger partial charge in [-0.15, -0.1) is 0 Å². The van der Waals surface area contributed by atoms with Gasteiger partial charge in [-0.25, -0.2) is 4.39 Å². The number of carbonyl (C=O) groups is 1. The van der Waals surface area contributed by atoms with Crippen LogP contribution in [0.2, 0.25) is 0 Å². The van der Waals surface area contributed by atoms with Crippen LogP contribution in [-0.4, -0.2) is 43.5 Å². The highest BCUT2D eigenvalue weighted by atomic mass is 19.1. The van der Waals surface area contributed by atoms with E-state index in [2.05, 4.69) is 15.5 Å². The molecule has 1 aromatic carbocycles. The van der Waals surface area contributed by atoms with E-state index >= 15 is 0 Å². The fourth-order valence-electron chi connectivity index (χ4n) is 2.33. The number of likely N-dealkylation sites (N-methyl/N-ethyl adjacent to an activating group) is 1. The van der Waals surface area contributed by atoms with Gasteiger partial charge in [0.05, 0.1) is 0 Å². The number of nitrogens with one attached hydrogen (secondary N) is 2. The van der Waals surface area contributed by atoms with Gasteiger partial charge in [0, 0.05) is 33.2 Å². The van der Waals surface area contributed by atoms with Crippen molar-refractivity contribution in [3.05, 3.63) is 35.1 Å². The Bertz CT molecular complexity index is 464. The lowest BCUT2D eigenvalue weighted by Crippen LogP contribution is -2.56. The summed E-state index contributed by atoms with van der Waals surface area (Å²) in [5.41, 5.74) is 1.55. The lowest BCUT2D eigenvalue weighted by molar-refractivity contribution is -0.126. The Kier molecular flexibility index (Phi) is 4.50. The first-order chi connectivity index (χ1) is 9.11. The van der Waals surface area contributed by atoms with Crippen molar-refractivity contribution in [1.82, 2.24) is 15.5 Å². The molecule has 1 aromatic rings. The summed E-state index contributed by atoms with van der Waals surface area (Å²) in [6.07, 6.45) is 0. The van der Waals surface area contributed by atoms with Gasteiger partial charge in [-0.05, 0) is 24.1 Å². The summed E-state index contributed by atoms with van der Waals surface area (Å²) in [4.78, 5) is 13.9. The minimum atomic E-state index is -0.192. The average Bonchev–Trinajstić information content (AvgIpc) is 2.43. The van der Waals surface area contributed by atoms with Gasteiger partial charge in [-0.3, -0.25) is 9.69 Å². The zero-order chi connectivity index (χ0) is 13.8. The zero-order valence-corrected chi connectivity index (χ0v) is 11.4. The maximum Gasteiger partial charge on any atom is 0.238 e. The number of hydrogen-bond donors (Lipinski definition) is 2. The second kappa shape index (κ2) is 6.12. The number of piperazine rings is 1. The molecule has 0 radical (unpaired) electrons. The van der Waals surface area contributed by atoms with E-state index in [1.807, 2.05) is 6.07 Å². The summed E-state index contributed by atoms with van der Waals surface area (Å²) < 4.78 is 13.5. The maximum absolute atomic E-state index is 13.5. The van der Waals surface area contributed by atoms with Gasteiger partial charge >= 0.3 is 0 Å². The highest BCUT2D eigenvalue weighted by Gasteiger charge is 2.27. The predicted molar refractivity (Wildman–Crippen MR) is 72.3 cm³/mol. The molecule has 0 aliphatic carbocycles. The summed E-state index contributed by atoms with van der Waals surface area (Å²) in [7, 11) is 1.64. The van der Waals surface area contributed by atoms with Crippen molar-refractivity contribution in [2.75, 3.05) is 26.7 Å². The molecule has 0 saturated carbocycles. The van der Waals surface area contributed by atoms with Crippen LogP contribution < -0.4 is 10.6 Å². The fraction of sp³-hybridized carbons (Fsp3) is 0.500. The largest absolute Gasteiger partial charge is 0.358 e. The molecule has 104 valence electrons. The zero-order valence-electron chi connectivity index (χ0n) is 11.4. The number of nitrogens with zero attached hydrogens (tertiary/aromatic N) is 1. The molecular weight excluding hydrogens is 245 g/mol. The van der Waals surface area contributed by atoms with Crippen LogP contribution in [-0.2, 0) is 11.3 Å². The van der Waals surface area contributed by atoms with Crippen LogP contribution in [0.1, 0.15) is 11.1 Å². The van der Waals surface area contributed by atoms with Gasteiger partial charge in [0.1, 0.15) is 11.9 Å². The lowest BCUT2D eigenvalue weighted by Gasteiger charge is -2.34. The Balaban J connectivity index is 2.10. The second-order valence-corrected chi connectivity index (χ2v) is 4.89. The van der Waals surface area contributed by atoms with Crippen LogP contribution in [0, 0.1) is 12.7 Å². The third-order valence-electron chi connectivity index (χ3n) is 3.53. The molecule has 1 fully saturated rings. The van der Waals surface area contributed by atoms with Crippen molar-refractivity contribution in [3.8, 4) is 0 Å². The standard InChI is InChI=1S/C14H20FN3O/c1-10-3-4-11(7-12(10)15)9-18-6-5-17-8-13(18)14(19)16-2/h3-4,7,13,17H,5-6,8-9H2,1-2H3,(H,16,19). The van der Waals surface area contributed by atoms with E-state index in [-0.39, 0.29) is 17.8 Å². The van der Waals surface area contributed by atoms with E-state index < -0.39 is 0 Å². The molecule has 19 heavy (non-hydrogen) atoms. The number of amides is 1. The first kappa shape index (κ1) is 14.0. The molecule has 0 bridgehead atoms. The molecule has 0 spiro atoms. The molecule has 0 aromatic heterocycles. The smallest absolute Gasteiger partial charge is 0.238 e. The van der Waals surface area contributed by atoms with E-state index in [0.29, 0.717) is 18.7 Å². The molecule has 1 aliphatic heterocycles. The third kappa shape index (κ3) is 3.30.